The summed E-state index contributed by atoms with van der Waals surface area (Å²) in [7, 11) is 0. The number of nitrogens with two attached hydrogens (primary N) is 1. The molecule has 0 aliphatic heterocycles. The van der Waals surface area contributed by atoms with E-state index < -0.39 is 11.6 Å². The minimum Gasteiger partial charge on any atom is -0.490 e. The highest BCUT2D eigenvalue weighted by Gasteiger charge is 2.08. The first-order valence-corrected chi connectivity index (χ1v) is 6.58. The number of benzene rings is 2. The first-order valence-electron chi connectivity index (χ1n) is 6.17. The van der Waals surface area contributed by atoms with Gasteiger partial charge in [-0.3, -0.25) is 0 Å². The van der Waals surface area contributed by atoms with Gasteiger partial charge in [-0.25, -0.2) is 4.39 Å². The lowest BCUT2D eigenvalue weighted by Gasteiger charge is -2.10. The van der Waals surface area contributed by atoms with Crippen molar-refractivity contribution in [1.29, 1.82) is 0 Å². The van der Waals surface area contributed by atoms with Crippen molar-refractivity contribution in [2.45, 2.75) is 0 Å². The summed E-state index contributed by atoms with van der Waals surface area (Å²) in [5, 5.41) is 0. The summed E-state index contributed by atoms with van der Waals surface area (Å²) in [6.45, 7) is 0.258. The zero-order chi connectivity index (χ0) is 15.2. The summed E-state index contributed by atoms with van der Waals surface area (Å²) in [5.41, 5.74) is 6.21. The predicted octanol–water partition coefficient (Wildman–Crippen LogP) is 3.06. The van der Waals surface area contributed by atoms with Crippen LogP contribution in [0.1, 0.15) is 5.56 Å². The fraction of sp³-hybridized carbons (Fsp3) is 0.133. The molecule has 0 heterocycles. The maximum Gasteiger partial charge on any atom is 0.200 e. The number of ether oxygens (including phenoxy) is 2. The fourth-order valence-electron chi connectivity index (χ4n) is 1.65. The molecular formula is C15H13F2NO2S. The number of rotatable bonds is 6. The molecule has 2 rings (SSSR count). The van der Waals surface area contributed by atoms with Crippen LogP contribution in [0.4, 0.5) is 8.78 Å². The molecule has 0 aliphatic carbocycles. The van der Waals surface area contributed by atoms with Gasteiger partial charge < -0.3 is 15.2 Å². The highest BCUT2D eigenvalue weighted by molar-refractivity contribution is 7.80. The molecule has 0 radical (unpaired) electrons. The molecule has 6 heteroatoms. The van der Waals surface area contributed by atoms with Crippen molar-refractivity contribution in [2.24, 2.45) is 5.73 Å². The lowest BCUT2D eigenvalue weighted by atomic mass is 10.2. The quantitative estimate of drug-likeness (QED) is 0.658. The number of hydrogen-bond donors (Lipinski definition) is 1. The maximum atomic E-state index is 13.3. The van der Waals surface area contributed by atoms with E-state index in [1.54, 1.807) is 24.3 Å². The Kier molecular flexibility index (Phi) is 5.05. The van der Waals surface area contributed by atoms with Gasteiger partial charge in [-0.05, 0) is 24.3 Å². The van der Waals surface area contributed by atoms with E-state index in [9.17, 15) is 8.78 Å². The van der Waals surface area contributed by atoms with Gasteiger partial charge in [-0.15, -0.1) is 0 Å². The van der Waals surface area contributed by atoms with Gasteiger partial charge in [0.25, 0.3) is 0 Å². The van der Waals surface area contributed by atoms with Crippen LogP contribution in [0, 0.1) is 11.6 Å². The molecule has 21 heavy (non-hydrogen) atoms. The van der Waals surface area contributed by atoms with Gasteiger partial charge in [0.1, 0.15) is 24.0 Å². The highest BCUT2D eigenvalue weighted by Crippen LogP contribution is 2.19. The van der Waals surface area contributed by atoms with Crippen LogP contribution in [0.5, 0.6) is 11.5 Å². The average Bonchev–Trinajstić information content (AvgIpc) is 2.48. The van der Waals surface area contributed by atoms with Gasteiger partial charge in [0, 0.05) is 5.56 Å². The first-order chi connectivity index (χ1) is 10.1. The minimum atomic E-state index is -1.01. The van der Waals surface area contributed by atoms with Crippen LogP contribution in [-0.2, 0) is 0 Å². The smallest absolute Gasteiger partial charge is 0.200 e. The van der Waals surface area contributed by atoms with Crippen LogP contribution in [0.15, 0.2) is 42.5 Å². The molecule has 2 aromatic carbocycles. The lowest BCUT2D eigenvalue weighted by Crippen LogP contribution is -2.12. The molecule has 2 N–H and O–H groups in total. The number of hydrogen-bond acceptors (Lipinski definition) is 3. The molecule has 0 amide bonds. The van der Waals surface area contributed by atoms with Gasteiger partial charge in [-0.2, -0.15) is 4.39 Å². The summed E-state index contributed by atoms with van der Waals surface area (Å²) in [6.07, 6.45) is 0. The van der Waals surface area contributed by atoms with Crippen molar-refractivity contribution < 1.29 is 18.3 Å². The van der Waals surface area contributed by atoms with Crippen LogP contribution in [0.2, 0.25) is 0 Å². The zero-order valence-electron chi connectivity index (χ0n) is 11.0. The summed E-state index contributed by atoms with van der Waals surface area (Å²) in [4.78, 5) is 0.276. The van der Waals surface area contributed by atoms with Crippen molar-refractivity contribution >= 4 is 17.2 Å². The Labute approximate surface area is 126 Å². The Balaban J connectivity index is 1.86. The standard InChI is InChI=1S/C15H13F2NO2S/c16-12-5-2-6-13(14(12)17)20-8-7-19-11-4-1-3-10(9-11)15(18)21/h1-6,9H,7-8H2,(H2,18,21). The van der Waals surface area contributed by atoms with Crippen LogP contribution >= 0.6 is 12.2 Å². The third kappa shape index (κ3) is 4.13. The molecule has 0 aliphatic rings. The molecule has 0 fully saturated rings. The van der Waals surface area contributed by atoms with E-state index in [1.807, 2.05) is 0 Å². The highest BCUT2D eigenvalue weighted by atomic mass is 32.1. The Morgan fingerprint density at radius 3 is 2.52 bits per heavy atom. The topological polar surface area (TPSA) is 44.5 Å². The van der Waals surface area contributed by atoms with Gasteiger partial charge in [0.05, 0.1) is 0 Å². The molecule has 0 aromatic heterocycles. The second-order valence-electron chi connectivity index (χ2n) is 4.14. The average molecular weight is 309 g/mol. The van der Waals surface area contributed by atoms with E-state index >= 15 is 0 Å². The van der Waals surface area contributed by atoms with E-state index in [-0.39, 0.29) is 24.0 Å². The van der Waals surface area contributed by atoms with Crippen LogP contribution in [-0.4, -0.2) is 18.2 Å². The van der Waals surface area contributed by atoms with Crippen molar-refractivity contribution in [3.05, 3.63) is 59.7 Å². The lowest BCUT2D eigenvalue weighted by molar-refractivity contribution is 0.210. The van der Waals surface area contributed by atoms with E-state index in [2.05, 4.69) is 0 Å². The monoisotopic (exact) mass is 309 g/mol. The van der Waals surface area contributed by atoms with Crippen LogP contribution < -0.4 is 15.2 Å². The van der Waals surface area contributed by atoms with Gasteiger partial charge in [0.15, 0.2) is 11.6 Å². The van der Waals surface area contributed by atoms with E-state index in [0.717, 1.165) is 6.07 Å². The van der Waals surface area contributed by atoms with Crippen molar-refractivity contribution in [3.63, 3.8) is 0 Å². The molecule has 110 valence electrons. The molecule has 0 bridgehead atoms. The first kappa shape index (κ1) is 15.2. The molecule has 0 spiro atoms. The Hall–Kier alpha value is -2.21. The third-order valence-corrected chi connectivity index (χ3v) is 2.88. The van der Waals surface area contributed by atoms with E-state index in [4.69, 9.17) is 27.4 Å². The second kappa shape index (κ2) is 6.99. The molecule has 2 aromatic rings. The van der Waals surface area contributed by atoms with Crippen molar-refractivity contribution in [1.82, 2.24) is 0 Å². The van der Waals surface area contributed by atoms with Crippen LogP contribution in [0.25, 0.3) is 0 Å². The second-order valence-corrected chi connectivity index (χ2v) is 4.58. The summed E-state index contributed by atoms with van der Waals surface area (Å²) in [6, 6.07) is 10.7. The molecule has 0 atom stereocenters. The number of thiocarbonyl (C=S) groups is 1. The van der Waals surface area contributed by atoms with Crippen molar-refractivity contribution in [2.75, 3.05) is 13.2 Å². The molecule has 0 saturated heterocycles. The molecule has 0 unspecified atom stereocenters. The summed E-state index contributed by atoms with van der Waals surface area (Å²) < 4.78 is 36.8. The van der Waals surface area contributed by atoms with Crippen LogP contribution in [0.3, 0.4) is 0 Å². The van der Waals surface area contributed by atoms with E-state index in [1.165, 1.54) is 12.1 Å². The Morgan fingerprint density at radius 2 is 1.76 bits per heavy atom. The fourth-order valence-corrected chi connectivity index (χ4v) is 1.77. The van der Waals surface area contributed by atoms with Crippen molar-refractivity contribution in [3.8, 4) is 11.5 Å². The largest absolute Gasteiger partial charge is 0.490 e. The molecular weight excluding hydrogens is 296 g/mol. The summed E-state index contributed by atoms with van der Waals surface area (Å²) in [5.74, 6) is -1.52. The Morgan fingerprint density at radius 1 is 1.05 bits per heavy atom. The van der Waals surface area contributed by atoms with Gasteiger partial charge in [0.2, 0.25) is 5.82 Å². The SMILES string of the molecule is NC(=S)c1cccc(OCCOc2cccc(F)c2F)c1. The predicted molar refractivity (Wildman–Crippen MR) is 79.7 cm³/mol. The Bertz CT molecular complexity index is 649. The van der Waals surface area contributed by atoms with Gasteiger partial charge in [-0.1, -0.05) is 30.4 Å². The van der Waals surface area contributed by atoms with Gasteiger partial charge >= 0.3 is 0 Å². The molecule has 3 nitrogen and oxygen atoms in total. The summed E-state index contributed by atoms with van der Waals surface area (Å²) >= 11 is 4.87. The molecule has 0 saturated carbocycles. The normalized spacial score (nSPS) is 10.2. The maximum absolute atomic E-state index is 13.3. The minimum absolute atomic E-state index is 0.0810. The zero-order valence-corrected chi connectivity index (χ0v) is 11.8. The van der Waals surface area contributed by atoms with E-state index in [0.29, 0.717) is 11.3 Å². The number of halogens is 2. The third-order valence-electron chi connectivity index (χ3n) is 2.64.